The first kappa shape index (κ1) is 24.6. The third-order valence-electron chi connectivity index (χ3n) is 6.25. The summed E-state index contributed by atoms with van der Waals surface area (Å²) in [6.07, 6.45) is 4.84. The van der Waals surface area contributed by atoms with Gasteiger partial charge in [-0.25, -0.2) is 4.68 Å². The van der Waals surface area contributed by atoms with Crippen molar-refractivity contribution in [1.82, 2.24) is 15.0 Å². The fraction of sp³-hybridized carbons (Fsp3) is 0.407. The van der Waals surface area contributed by atoms with Crippen molar-refractivity contribution >= 4 is 17.6 Å². The lowest BCUT2D eigenvalue weighted by atomic mass is 9.95. The van der Waals surface area contributed by atoms with Crippen LogP contribution in [-0.4, -0.2) is 40.0 Å². The maximum atomic E-state index is 13.1. The number of para-hydroxylation sites is 1. The molecular weight excluding hydrogens is 442 g/mol. The van der Waals surface area contributed by atoms with Gasteiger partial charge in [-0.1, -0.05) is 73.9 Å². The van der Waals surface area contributed by atoms with E-state index in [2.05, 4.69) is 17.2 Å². The lowest BCUT2D eigenvalue weighted by molar-refractivity contribution is -0.144. The molecule has 1 amide bonds. The molecule has 0 saturated heterocycles. The van der Waals surface area contributed by atoms with Crippen LogP contribution in [-0.2, 0) is 27.4 Å². The van der Waals surface area contributed by atoms with E-state index in [1.54, 1.807) is 9.58 Å². The van der Waals surface area contributed by atoms with Crippen LogP contribution >= 0.6 is 0 Å². The summed E-state index contributed by atoms with van der Waals surface area (Å²) in [4.78, 5) is 27.0. The second-order valence-electron chi connectivity index (χ2n) is 8.73. The summed E-state index contributed by atoms with van der Waals surface area (Å²) in [5, 5.41) is 8.94. The zero-order valence-corrected chi connectivity index (χ0v) is 20.3. The van der Waals surface area contributed by atoms with Crippen molar-refractivity contribution in [3.8, 4) is 22.5 Å². The number of rotatable bonds is 10. The molecule has 8 nitrogen and oxygen atoms in total. The van der Waals surface area contributed by atoms with E-state index in [1.165, 1.54) is 0 Å². The van der Waals surface area contributed by atoms with Crippen molar-refractivity contribution in [2.45, 2.75) is 58.5 Å². The zero-order chi connectivity index (χ0) is 24.6. The van der Waals surface area contributed by atoms with E-state index in [9.17, 15) is 9.59 Å². The number of ether oxygens (including phenoxy) is 1. The highest BCUT2D eigenvalue weighted by Gasteiger charge is 2.28. The molecule has 2 N–H and O–H groups in total. The summed E-state index contributed by atoms with van der Waals surface area (Å²) in [6.45, 7) is 3.44. The van der Waals surface area contributed by atoms with Gasteiger partial charge in [-0.2, -0.15) is 0 Å². The number of anilines is 1. The Morgan fingerprint density at radius 1 is 1.00 bits per heavy atom. The number of carbonyl (C=O) groups is 2. The molecule has 0 saturated carbocycles. The molecule has 0 fully saturated rings. The van der Waals surface area contributed by atoms with Crippen LogP contribution in [0.15, 0.2) is 48.5 Å². The van der Waals surface area contributed by atoms with Crippen molar-refractivity contribution in [2.75, 3.05) is 18.1 Å². The lowest BCUT2D eigenvalue weighted by Crippen LogP contribution is -2.33. The summed E-state index contributed by atoms with van der Waals surface area (Å²) < 4.78 is 7.26. The molecule has 1 aromatic heterocycles. The van der Waals surface area contributed by atoms with Gasteiger partial charge in [-0.05, 0) is 18.1 Å². The molecule has 0 unspecified atom stereocenters. The largest absolute Gasteiger partial charge is 0.464 e. The highest BCUT2D eigenvalue weighted by molar-refractivity contribution is 6.00. The fourth-order valence-corrected chi connectivity index (χ4v) is 4.47. The molecule has 0 spiro atoms. The van der Waals surface area contributed by atoms with Gasteiger partial charge in [-0.3, -0.25) is 9.59 Å². The highest BCUT2D eigenvalue weighted by Crippen LogP contribution is 2.41. The number of unbranched alkanes of at least 4 members (excludes halogenated alkanes) is 3. The molecule has 184 valence electrons. The van der Waals surface area contributed by atoms with Crippen molar-refractivity contribution in [3.05, 3.63) is 54.1 Å². The van der Waals surface area contributed by atoms with Gasteiger partial charge in [0.1, 0.15) is 12.3 Å². The van der Waals surface area contributed by atoms with Gasteiger partial charge in [0, 0.05) is 30.5 Å². The Balaban J connectivity index is 1.65. The van der Waals surface area contributed by atoms with Crippen LogP contribution < -0.4 is 10.6 Å². The van der Waals surface area contributed by atoms with E-state index in [-0.39, 0.29) is 31.4 Å². The highest BCUT2D eigenvalue weighted by atomic mass is 16.5. The smallest absolute Gasteiger partial charge is 0.305 e. The summed E-state index contributed by atoms with van der Waals surface area (Å²) in [5.41, 5.74) is 10.8. The number of benzene rings is 2. The Labute approximate surface area is 206 Å². The fourth-order valence-electron chi connectivity index (χ4n) is 4.47. The molecule has 0 atom stereocenters. The van der Waals surface area contributed by atoms with Gasteiger partial charge >= 0.3 is 5.97 Å². The number of aromatic nitrogens is 3. The lowest BCUT2D eigenvalue weighted by Gasteiger charge is -2.28. The third-order valence-corrected chi connectivity index (χ3v) is 6.25. The first-order valence-corrected chi connectivity index (χ1v) is 12.4. The molecule has 35 heavy (non-hydrogen) atoms. The number of hydrogen-bond donors (Lipinski definition) is 1. The molecular formula is C27H33N5O3. The van der Waals surface area contributed by atoms with E-state index in [1.807, 2.05) is 48.5 Å². The van der Waals surface area contributed by atoms with Crippen molar-refractivity contribution in [1.29, 1.82) is 0 Å². The normalized spacial score (nSPS) is 12.2. The number of esters is 1. The molecule has 0 radical (unpaired) electrons. The van der Waals surface area contributed by atoms with E-state index < -0.39 is 0 Å². The number of hydrogen-bond acceptors (Lipinski definition) is 6. The minimum atomic E-state index is -0.187. The zero-order valence-electron chi connectivity index (χ0n) is 20.3. The van der Waals surface area contributed by atoms with Gasteiger partial charge in [0.2, 0.25) is 5.91 Å². The van der Waals surface area contributed by atoms with E-state index in [0.29, 0.717) is 19.5 Å². The number of fused-ring (bicyclic) bond motifs is 5. The summed E-state index contributed by atoms with van der Waals surface area (Å²) in [7, 11) is 0. The molecule has 1 aliphatic rings. The molecule has 4 rings (SSSR count). The van der Waals surface area contributed by atoms with Crippen molar-refractivity contribution in [3.63, 3.8) is 0 Å². The molecule has 2 heterocycles. The average Bonchev–Trinajstić information content (AvgIpc) is 3.27. The summed E-state index contributed by atoms with van der Waals surface area (Å²) in [5.74, 6) is -0.220. The predicted octanol–water partition coefficient (Wildman–Crippen LogP) is 4.32. The monoisotopic (exact) mass is 475 g/mol. The van der Waals surface area contributed by atoms with Gasteiger partial charge < -0.3 is 15.4 Å². The first-order valence-electron chi connectivity index (χ1n) is 12.4. The van der Waals surface area contributed by atoms with Crippen LogP contribution in [0.2, 0.25) is 0 Å². The van der Waals surface area contributed by atoms with Crippen molar-refractivity contribution in [2.24, 2.45) is 5.73 Å². The maximum absolute atomic E-state index is 13.1. The number of carbonyl (C=O) groups excluding carboxylic acids is 2. The van der Waals surface area contributed by atoms with Crippen LogP contribution in [0.4, 0.5) is 5.69 Å². The third kappa shape index (κ3) is 5.59. The van der Waals surface area contributed by atoms with E-state index in [0.717, 1.165) is 59.4 Å². The quantitative estimate of drug-likeness (QED) is 0.346. The number of amides is 1. The second-order valence-corrected chi connectivity index (χ2v) is 8.73. The molecule has 0 bridgehead atoms. The standard InChI is InChI=1S/C27H33N5O3/c1-2-3-4-5-14-25(34)35-18-17-32-27-22-12-8-9-13-23(22)31(24(33)15-16-28)19-20-10-6-7-11-21(20)26(27)29-30-32/h6-13H,2-5,14-19,28H2,1H3. The molecule has 2 aromatic carbocycles. The van der Waals surface area contributed by atoms with Crippen LogP contribution in [0.5, 0.6) is 0 Å². The molecule has 3 aromatic rings. The Morgan fingerprint density at radius 3 is 2.57 bits per heavy atom. The van der Waals surface area contributed by atoms with E-state index >= 15 is 0 Å². The Morgan fingerprint density at radius 2 is 1.77 bits per heavy atom. The molecule has 1 aliphatic heterocycles. The van der Waals surface area contributed by atoms with Gasteiger partial charge in [-0.15, -0.1) is 5.10 Å². The van der Waals surface area contributed by atoms with Crippen LogP contribution in [0.3, 0.4) is 0 Å². The average molecular weight is 476 g/mol. The first-order chi connectivity index (χ1) is 17.1. The summed E-state index contributed by atoms with van der Waals surface area (Å²) >= 11 is 0. The Bertz CT molecular complexity index is 1170. The van der Waals surface area contributed by atoms with Crippen LogP contribution in [0.1, 0.15) is 51.0 Å². The van der Waals surface area contributed by atoms with Crippen LogP contribution in [0, 0.1) is 0 Å². The Kier molecular flexibility index (Phi) is 8.26. The van der Waals surface area contributed by atoms with E-state index in [4.69, 9.17) is 10.5 Å². The minimum Gasteiger partial charge on any atom is -0.464 e. The SMILES string of the molecule is CCCCCCC(=O)OCCn1nnc2c1-c1ccccc1N(C(=O)CCN)Cc1ccccc1-2. The van der Waals surface area contributed by atoms with Crippen molar-refractivity contribution < 1.29 is 14.3 Å². The topological polar surface area (TPSA) is 103 Å². The van der Waals surface area contributed by atoms with Gasteiger partial charge in [0.15, 0.2) is 0 Å². The summed E-state index contributed by atoms with van der Waals surface area (Å²) in [6, 6.07) is 15.7. The minimum absolute atomic E-state index is 0.0331. The van der Waals surface area contributed by atoms with Gasteiger partial charge in [0.05, 0.1) is 24.5 Å². The molecule has 8 heteroatoms. The number of nitrogens with zero attached hydrogens (tertiary/aromatic N) is 4. The molecule has 0 aliphatic carbocycles. The number of nitrogens with two attached hydrogens (primary N) is 1. The second kappa shape index (κ2) is 11.8. The van der Waals surface area contributed by atoms with Gasteiger partial charge in [0.25, 0.3) is 0 Å². The van der Waals surface area contributed by atoms with Crippen LogP contribution in [0.25, 0.3) is 22.5 Å². The maximum Gasteiger partial charge on any atom is 0.305 e. The predicted molar refractivity (Wildman–Crippen MR) is 135 cm³/mol. The Hall–Kier alpha value is -3.52.